The molecule has 3 heteroatoms. The summed E-state index contributed by atoms with van der Waals surface area (Å²) in [6.07, 6.45) is 2.07. The lowest BCUT2D eigenvalue weighted by atomic mass is 9.82. The summed E-state index contributed by atoms with van der Waals surface area (Å²) in [7, 11) is 0. The van der Waals surface area contributed by atoms with Gasteiger partial charge < -0.3 is 5.32 Å². The van der Waals surface area contributed by atoms with Crippen LogP contribution in [0.25, 0.3) is 0 Å². The molecule has 0 saturated heterocycles. The highest BCUT2D eigenvalue weighted by molar-refractivity contribution is 6.31. The highest BCUT2D eigenvalue weighted by Crippen LogP contribution is 2.35. The van der Waals surface area contributed by atoms with Crippen molar-refractivity contribution in [1.82, 2.24) is 5.32 Å². The Bertz CT molecular complexity index is 382. The first-order valence-electron chi connectivity index (χ1n) is 7.65. The fraction of sp³-hybridized carbons (Fsp3) is 0.647. The minimum atomic E-state index is -0.180. The minimum absolute atomic E-state index is 0.137. The van der Waals surface area contributed by atoms with Gasteiger partial charge in [-0.15, -0.1) is 0 Å². The molecule has 1 aromatic rings. The molecular formula is C17H27ClFN. The van der Waals surface area contributed by atoms with Crippen LogP contribution in [0.2, 0.25) is 5.02 Å². The van der Waals surface area contributed by atoms with E-state index in [0.29, 0.717) is 22.4 Å². The predicted octanol–water partition coefficient (Wildman–Crippen LogP) is 5.24. The van der Waals surface area contributed by atoms with E-state index in [1.807, 2.05) is 0 Å². The molecule has 0 aliphatic rings. The second-order valence-electron chi connectivity index (χ2n) is 5.87. The van der Waals surface area contributed by atoms with E-state index in [9.17, 15) is 4.39 Å². The van der Waals surface area contributed by atoms with E-state index < -0.39 is 0 Å². The summed E-state index contributed by atoms with van der Waals surface area (Å²) in [6.45, 7) is 10.4. The Morgan fingerprint density at radius 1 is 1.15 bits per heavy atom. The first kappa shape index (κ1) is 17.5. The van der Waals surface area contributed by atoms with Gasteiger partial charge in [-0.3, -0.25) is 0 Å². The van der Waals surface area contributed by atoms with Gasteiger partial charge >= 0.3 is 0 Å². The molecule has 0 aliphatic heterocycles. The monoisotopic (exact) mass is 299 g/mol. The largest absolute Gasteiger partial charge is 0.316 e. The molecular weight excluding hydrogens is 273 g/mol. The van der Waals surface area contributed by atoms with Gasteiger partial charge in [0.1, 0.15) is 5.82 Å². The molecule has 0 spiro atoms. The molecule has 0 heterocycles. The molecule has 1 N–H and O–H groups in total. The van der Waals surface area contributed by atoms with Crippen LogP contribution in [0.4, 0.5) is 4.39 Å². The Balaban J connectivity index is 2.97. The fourth-order valence-electron chi connectivity index (χ4n) is 2.75. The average Bonchev–Trinajstić information content (AvgIpc) is 2.38. The molecule has 0 aromatic heterocycles. The van der Waals surface area contributed by atoms with Gasteiger partial charge in [0, 0.05) is 23.0 Å². The van der Waals surface area contributed by atoms with Crippen LogP contribution in [-0.2, 0) is 0 Å². The lowest BCUT2D eigenvalue weighted by Crippen LogP contribution is -2.29. The van der Waals surface area contributed by atoms with Gasteiger partial charge in [0.25, 0.3) is 0 Å². The maximum atomic E-state index is 14.2. The van der Waals surface area contributed by atoms with Crippen molar-refractivity contribution in [3.05, 3.63) is 34.6 Å². The first-order chi connectivity index (χ1) is 9.51. The van der Waals surface area contributed by atoms with Gasteiger partial charge in [-0.05, 0) is 30.5 Å². The molecule has 0 aliphatic carbocycles. The Morgan fingerprint density at radius 2 is 1.80 bits per heavy atom. The molecule has 0 amide bonds. The van der Waals surface area contributed by atoms with Crippen LogP contribution >= 0.6 is 11.6 Å². The van der Waals surface area contributed by atoms with Crippen molar-refractivity contribution in [2.45, 2.75) is 46.5 Å². The summed E-state index contributed by atoms with van der Waals surface area (Å²) in [5, 5.41) is 4.01. The zero-order chi connectivity index (χ0) is 15.1. The van der Waals surface area contributed by atoms with E-state index in [2.05, 4.69) is 33.0 Å². The lowest BCUT2D eigenvalue weighted by molar-refractivity contribution is 0.364. The van der Waals surface area contributed by atoms with Crippen molar-refractivity contribution in [3.8, 4) is 0 Å². The maximum Gasteiger partial charge on any atom is 0.128 e. The molecule has 0 fully saturated rings. The number of nitrogens with one attached hydrogen (secondary N) is 1. The molecule has 0 radical (unpaired) electrons. The van der Waals surface area contributed by atoms with Crippen LogP contribution in [0.1, 0.15) is 52.0 Å². The summed E-state index contributed by atoms with van der Waals surface area (Å²) < 4.78 is 14.2. The van der Waals surface area contributed by atoms with Crippen molar-refractivity contribution >= 4 is 11.6 Å². The van der Waals surface area contributed by atoms with Crippen LogP contribution in [0.3, 0.4) is 0 Å². The van der Waals surface area contributed by atoms with Crippen LogP contribution in [0.15, 0.2) is 18.2 Å². The maximum absolute atomic E-state index is 14.2. The summed E-state index contributed by atoms with van der Waals surface area (Å²) in [5.74, 6) is 0.996. The topological polar surface area (TPSA) is 12.0 Å². The van der Waals surface area contributed by atoms with Crippen molar-refractivity contribution in [3.63, 3.8) is 0 Å². The zero-order valence-corrected chi connectivity index (χ0v) is 13.8. The Hall–Kier alpha value is -0.600. The second-order valence-corrected chi connectivity index (χ2v) is 6.28. The van der Waals surface area contributed by atoms with Gasteiger partial charge in [0.05, 0.1) is 0 Å². The summed E-state index contributed by atoms with van der Waals surface area (Å²) in [5.41, 5.74) is 0.680. The van der Waals surface area contributed by atoms with Crippen molar-refractivity contribution in [2.24, 2.45) is 11.8 Å². The van der Waals surface area contributed by atoms with Crippen molar-refractivity contribution < 1.29 is 4.39 Å². The van der Waals surface area contributed by atoms with Gasteiger partial charge in [0.15, 0.2) is 0 Å². The Morgan fingerprint density at radius 3 is 2.30 bits per heavy atom. The molecule has 0 saturated carbocycles. The standard InChI is InChI=1S/C17H27ClFN/c1-5-13(6-2)14(11-20-10-12(3)4)17-15(18)8-7-9-16(17)19/h7-9,12-14,20H,5-6,10-11H2,1-4H3. The third kappa shape index (κ3) is 4.75. The second kappa shape index (κ2) is 8.63. The number of benzene rings is 1. The Kier molecular flexibility index (Phi) is 7.53. The van der Waals surface area contributed by atoms with Crippen LogP contribution in [0.5, 0.6) is 0 Å². The fourth-order valence-corrected chi connectivity index (χ4v) is 3.06. The van der Waals surface area contributed by atoms with Gasteiger partial charge in [-0.1, -0.05) is 58.2 Å². The first-order valence-corrected chi connectivity index (χ1v) is 8.03. The minimum Gasteiger partial charge on any atom is -0.316 e. The van der Waals surface area contributed by atoms with E-state index in [1.54, 1.807) is 12.1 Å². The molecule has 1 aromatic carbocycles. The molecule has 1 nitrogen and oxygen atoms in total. The molecule has 114 valence electrons. The number of hydrogen-bond donors (Lipinski definition) is 1. The van der Waals surface area contributed by atoms with Crippen LogP contribution in [0, 0.1) is 17.7 Å². The summed E-state index contributed by atoms with van der Waals surface area (Å²) in [6, 6.07) is 4.98. The quantitative estimate of drug-likeness (QED) is 0.692. The van der Waals surface area contributed by atoms with Crippen molar-refractivity contribution in [1.29, 1.82) is 0 Å². The number of hydrogen-bond acceptors (Lipinski definition) is 1. The van der Waals surface area contributed by atoms with E-state index >= 15 is 0 Å². The van der Waals surface area contributed by atoms with E-state index in [0.717, 1.165) is 25.9 Å². The number of rotatable bonds is 8. The Labute approximate surface area is 127 Å². The third-order valence-corrected chi connectivity index (χ3v) is 4.23. The van der Waals surface area contributed by atoms with Gasteiger partial charge in [0.2, 0.25) is 0 Å². The van der Waals surface area contributed by atoms with E-state index in [-0.39, 0.29) is 11.7 Å². The van der Waals surface area contributed by atoms with Crippen LogP contribution in [-0.4, -0.2) is 13.1 Å². The number of halogens is 2. The van der Waals surface area contributed by atoms with Crippen LogP contribution < -0.4 is 5.32 Å². The molecule has 1 atom stereocenters. The summed E-state index contributed by atoms with van der Waals surface area (Å²) in [4.78, 5) is 0. The van der Waals surface area contributed by atoms with Crippen molar-refractivity contribution in [2.75, 3.05) is 13.1 Å². The summed E-state index contributed by atoms with van der Waals surface area (Å²) >= 11 is 6.26. The van der Waals surface area contributed by atoms with Gasteiger partial charge in [-0.25, -0.2) is 4.39 Å². The molecule has 1 unspecified atom stereocenters. The lowest BCUT2D eigenvalue weighted by Gasteiger charge is -2.27. The highest BCUT2D eigenvalue weighted by atomic mass is 35.5. The smallest absolute Gasteiger partial charge is 0.128 e. The van der Waals surface area contributed by atoms with Gasteiger partial charge in [-0.2, -0.15) is 0 Å². The predicted molar refractivity (Wildman–Crippen MR) is 85.9 cm³/mol. The SMILES string of the molecule is CCC(CC)C(CNCC(C)C)c1c(F)cccc1Cl. The normalized spacial score (nSPS) is 13.2. The zero-order valence-electron chi connectivity index (χ0n) is 13.0. The van der Waals surface area contributed by atoms with E-state index in [4.69, 9.17) is 11.6 Å². The third-order valence-electron chi connectivity index (χ3n) is 3.91. The highest BCUT2D eigenvalue weighted by Gasteiger charge is 2.25. The average molecular weight is 300 g/mol. The molecule has 0 bridgehead atoms. The molecule has 1 rings (SSSR count). The molecule has 20 heavy (non-hydrogen) atoms. The van der Waals surface area contributed by atoms with E-state index in [1.165, 1.54) is 6.07 Å².